The topological polar surface area (TPSA) is 56.8 Å². The van der Waals surface area contributed by atoms with Gasteiger partial charge in [-0.05, 0) is 24.1 Å². The predicted octanol–water partition coefficient (Wildman–Crippen LogP) is 1.79. The number of methoxy groups -OCH3 is 2. The Bertz CT molecular complexity index is 417. The molecule has 0 aliphatic rings. The van der Waals surface area contributed by atoms with Crippen molar-refractivity contribution in [3.63, 3.8) is 0 Å². The SMILES string of the molecule is COCCc1ccc(OCC(NC(C)C)C(=O)OC)cc1. The lowest BCUT2D eigenvalue weighted by atomic mass is 10.1. The third-order valence-corrected chi connectivity index (χ3v) is 2.96. The molecule has 0 bridgehead atoms. The lowest BCUT2D eigenvalue weighted by Gasteiger charge is -2.19. The monoisotopic (exact) mass is 295 g/mol. The number of benzene rings is 1. The van der Waals surface area contributed by atoms with Crippen LogP contribution in [0.3, 0.4) is 0 Å². The molecule has 1 aromatic carbocycles. The van der Waals surface area contributed by atoms with Gasteiger partial charge in [0.2, 0.25) is 0 Å². The Balaban J connectivity index is 2.52. The largest absolute Gasteiger partial charge is 0.491 e. The van der Waals surface area contributed by atoms with Crippen LogP contribution in [0.1, 0.15) is 19.4 Å². The molecule has 5 nitrogen and oxygen atoms in total. The van der Waals surface area contributed by atoms with Crippen molar-refractivity contribution in [2.45, 2.75) is 32.4 Å². The third kappa shape index (κ3) is 6.60. The highest BCUT2D eigenvalue weighted by atomic mass is 16.5. The molecule has 0 heterocycles. The van der Waals surface area contributed by atoms with Crippen LogP contribution in [0, 0.1) is 0 Å². The van der Waals surface area contributed by atoms with Gasteiger partial charge in [0.25, 0.3) is 0 Å². The van der Waals surface area contributed by atoms with Crippen LogP contribution < -0.4 is 10.1 Å². The molecule has 0 aromatic heterocycles. The van der Waals surface area contributed by atoms with Gasteiger partial charge in [-0.1, -0.05) is 26.0 Å². The first kappa shape index (κ1) is 17.5. The summed E-state index contributed by atoms with van der Waals surface area (Å²) >= 11 is 0. The summed E-state index contributed by atoms with van der Waals surface area (Å²) in [5.41, 5.74) is 1.19. The molecule has 1 unspecified atom stereocenters. The standard InChI is InChI=1S/C16H25NO4/c1-12(2)17-15(16(18)20-4)11-21-14-7-5-13(6-8-14)9-10-19-3/h5-8,12,15,17H,9-11H2,1-4H3. The normalized spacial score (nSPS) is 12.2. The number of esters is 1. The second-order valence-electron chi connectivity index (χ2n) is 5.09. The van der Waals surface area contributed by atoms with Gasteiger partial charge in [-0.3, -0.25) is 10.1 Å². The van der Waals surface area contributed by atoms with Gasteiger partial charge in [-0.15, -0.1) is 0 Å². The maximum absolute atomic E-state index is 11.7. The number of ether oxygens (including phenoxy) is 3. The molecule has 21 heavy (non-hydrogen) atoms. The molecule has 0 aliphatic carbocycles. The van der Waals surface area contributed by atoms with E-state index in [2.05, 4.69) is 5.32 Å². The van der Waals surface area contributed by atoms with Gasteiger partial charge in [0.1, 0.15) is 18.4 Å². The number of nitrogens with one attached hydrogen (secondary N) is 1. The van der Waals surface area contributed by atoms with Crippen LogP contribution in [0.2, 0.25) is 0 Å². The highest BCUT2D eigenvalue weighted by Gasteiger charge is 2.20. The summed E-state index contributed by atoms with van der Waals surface area (Å²) < 4.78 is 15.5. The highest BCUT2D eigenvalue weighted by molar-refractivity contribution is 5.75. The summed E-state index contributed by atoms with van der Waals surface area (Å²) in [6.45, 7) is 4.88. The Morgan fingerprint density at radius 3 is 2.38 bits per heavy atom. The molecule has 0 amide bonds. The van der Waals surface area contributed by atoms with E-state index in [-0.39, 0.29) is 18.6 Å². The number of carbonyl (C=O) groups is 1. The van der Waals surface area contributed by atoms with E-state index >= 15 is 0 Å². The molecule has 0 radical (unpaired) electrons. The Morgan fingerprint density at radius 1 is 1.19 bits per heavy atom. The zero-order chi connectivity index (χ0) is 15.7. The average molecular weight is 295 g/mol. The molecule has 0 saturated carbocycles. The van der Waals surface area contributed by atoms with Crippen LogP contribution in [-0.4, -0.2) is 45.5 Å². The van der Waals surface area contributed by atoms with E-state index in [1.54, 1.807) is 7.11 Å². The zero-order valence-electron chi connectivity index (χ0n) is 13.2. The van der Waals surface area contributed by atoms with Gasteiger partial charge in [0.05, 0.1) is 13.7 Å². The molecule has 0 saturated heterocycles. The Kier molecular flexibility index (Phi) is 7.79. The minimum atomic E-state index is -0.469. The molecule has 1 rings (SSSR count). The lowest BCUT2D eigenvalue weighted by Crippen LogP contribution is -2.45. The molecule has 0 aliphatic heterocycles. The fourth-order valence-corrected chi connectivity index (χ4v) is 1.88. The van der Waals surface area contributed by atoms with E-state index in [1.165, 1.54) is 12.7 Å². The smallest absolute Gasteiger partial charge is 0.326 e. The van der Waals surface area contributed by atoms with Gasteiger partial charge in [0, 0.05) is 13.2 Å². The van der Waals surface area contributed by atoms with Crippen LogP contribution in [0.25, 0.3) is 0 Å². The average Bonchev–Trinajstić information content (AvgIpc) is 2.49. The Hall–Kier alpha value is -1.59. The van der Waals surface area contributed by atoms with Gasteiger partial charge in [-0.25, -0.2) is 0 Å². The maximum Gasteiger partial charge on any atom is 0.326 e. The fourth-order valence-electron chi connectivity index (χ4n) is 1.88. The molecule has 1 aromatic rings. The molecule has 118 valence electrons. The first-order chi connectivity index (χ1) is 10.1. The first-order valence-corrected chi connectivity index (χ1v) is 7.11. The summed E-state index contributed by atoms with van der Waals surface area (Å²) in [6.07, 6.45) is 0.871. The van der Waals surface area contributed by atoms with Crippen molar-refractivity contribution in [1.82, 2.24) is 5.32 Å². The predicted molar refractivity (Wildman–Crippen MR) is 81.6 cm³/mol. The second kappa shape index (κ2) is 9.37. The van der Waals surface area contributed by atoms with Crippen LogP contribution in [-0.2, 0) is 20.7 Å². The summed E-state index contributed by atoms with van der Waals surface area (Å²) in [4.78, 5) is 11.7. The van der Waals surface area contributed by atoms with Crippen molar-refractivity contribution in [3.05, 3.63) is 29.8 Å². The second-order valence-corrected chi connectivity index (χ2v) is 5.09. The Labute approximate surface area is 126 Å². The van der Waals surface area contributed by atoms with Crippen LogP contribution >= 0.6 is 0 Å². The van der Waals surface area contributed by atoms with E-state index < -0.39 is 6.04 Å². The van der Waals surface area contributed by atoms with Crippen molar-refractivity contribution in [1.29, 1.82) is 0 Å². The fraction of sp³-hybridized carbons (Fsp3) is 0.562. The van der Waals surface area contributed by atoms with Crippen molar-refractivity contribution in [2.24, 2.45) is 0 Å². The quantitative estimate of drug-likeness (QED) is 0.704. The molecule has 0 fully saturated rings. The molecule has 1 N–H and O–H groups in total. The number of hydrogen-bond donors (Lipinski definition) is 1. The third-order valence-electron chi connectivity index (χ3n) is 2.96. The zero-order valence-corrected chi connectivity index (χ0v) is 13.2. The summed E-state index contributed by atoms with van der Waals surface area (Å²) in [7, 11) is 3.06. The number of rotatable bonds is 9. The molecular formula is C16H25NO4. The first-order valence-electron chi connectivity index (χ1n) is 7.11. The van der Waals surface area contributed by atoms with Crippen LogP contribution in [0.4, 0.5) is 0 Å². The van der Waals surface area contributed by atoms with Crippen molar-refractivity contribution < 1.29 is 19.0 Å². The van der Waals surface area contributed by atoms with E-state index in [4.69, 9.17) is 14.2 Å². The van der Waals surface area contributed by atoms with Gasteiger partial charge < -0.3 is 14.2 Å². The van der Waals surface area contributed by atoms with Gasteiger partial charge in [0.15, 0.2) is 0 Å². The molecule has 1 atom stereocenters. The van der Waals surface area contributed by atoms with Crippen LogP contribution in [0.15, 0.2) is 24.3 Å². The highest BCUT2D eigenvalue weighted by Crippen LogP contribution is 2.13. The van der Waals surface area contributed by atoms with E-state index in [0.717, 1.165) is 12.2 Å². The van der Waals surface area contributed by atoms with Gasteiger partial charge >= 0.3 is 5.97 Å². The van der Waals surface area contributed by atoms with Crippen molar-refractivity contribution in [2.75, 3.05) is 27.4 Å². The van der Waals surface area contributed by atoms with Crippen LogP contribution in [0.5, 0.6) is 5.75 Å². The van der Waals surface area contributed by atoms with E-state index in [9.17, 15) is 4.79 Å². The Morgan fingerprint density at radius 2 is 1.86 bits per heavy atom. The van der Waals surface area contributed by atoms with Gasteiger partial charge in [-0.2, -0.15) is 0 Å². The minimum Gasteiger partial charge on any atom is -0.491 e. The summed E-state index contributed by atoms with van der Waals surface area (Å²) in [5, 5.41) is 3.12. The minimum absolute atomic E-state index is 0.175. The summed E-state index contributed by atoms with van der Waals surface area (Å²) in [5.74, 6) is 0.413. The molecule has 5 heteroatoms. The van der Waals surface area contributed by atoms with E-state index in [0.29, 0.717) is 6.61 Å². The van der Waals surface area contributed by atoms with E-state index in [1.807, 2.05) is 38.1 Å². The summed E-state index contributed by atoms with van der Waals surface area (Å²) in [6, 6.07) is 7.50. The lowest BCUT2D eigenvalue weighted by molar-refractivity contribution is -0.144. The van der Waals surface area contributed by atoms with Crippen molar-refractivity contribution >= 4 is 5.97 Å². The molecule has 0 spiro atoms. The molecular weight excluding hydrogens is 270 g/mol. The number of carbonyl (C=O) groups excluding carboxylic acids is 1. The number of hydrogen-bond acceptors (Lipinski definition) is 5. The van der Waals surface area contributed by atoms with Crippen molar-refractivity contribution in [3.8, 4) is 5.75 Å². The maximum atomic E-state index is 11.7.